The van der Waals surface area contributed by atoms with Gasteiger partial charge in [-0.3, -0.25) is 0 Å². The minimum Gasteiger partial charge on any atom is -0.497 e. The summed E-state index contributed by atoms with van der Waals surface area (Å²) in [6.07, 6.45) is 3.95. The highest BCUT2D eigenvalue weighted by molar-refractivity contribution is 5.44. The molecule has 5 rings (SSSR count). The van der Waals surface area contributed by atoms with Gasteiger partial charge in [-0.05, 0) is 59.7 Å². The highest BCUT2D eigenvalue weighted by Crippen LogP contribution is 2.35. The van der Waals surface area contributed by atoms with Crippen LogP contribution in [0.25, 0.3) is 0 Å². The number of rotatable bonds is 7. The number of nitrogens with one attached hydrogen (secondary N) is 3. The first-order valence-corrected chi connectivity index (χ1v) is 10.5. The van der Waals surface area contributed by atoms with Crippen LogP contribution in [-0.2, 0) is 0 Å². The molecule has 0 amide bonds. The van der Waals surface area contributed by atoms with Gasteiger partial charge in [0.25, 0.3) is 0 Å². The minimum atomic E-state index is 0.0784. The predicted molar refractivity (Wildman–Crippen MR) is 124 cm³/mol. The number of hydrogen-bond acceptors (Lipinski definition) is 1. The van der Waals surface area contributed by atoms with E-state index >= 15 is 0 Å². The number of aromatic nitrogens is 3. The standard InChI is InChI=1S/C27H25N3O/c1-31-21-13-11-20(12-14-21)27(23-10-6-18-29-23)25-16-15-24(30-25)26(22-9-5-17-28-22)19-7-3-2-4-8-19/h2-18,26-30H,1H3. The summed E-state index contributed by atoms with van der Waals surface area (Å²) >= 11 is 0. The highest BCUT2D eigenvalue weighted by atomic mass is 16.5. The van der Waals surface area contributed by atoms with Crippen LogP contribution in [0.5, 0.6) is 5.75 Å². The number of aromatic amines is 3. The molecule has 0 spiro atoms. The monoisotopic (exact) mass is 407 g/mol. The smallest absolute Gasteiger partial charge is 0.118 e. The Bertz CT molecular complexity index is 1200. The van der Waals surface area contributed by atoms with Crippen molar-refractivity contribution in [3.8, 4) is 5.75 Å². The van der Waals surface area contributed by atoms with Gasteiger partial charge in [0.2, 0.25) is 0 Å². The Morgan fingerprint density at radius 2 is 1.10 bits per heavy atom. The van der Waals surface area contributed by atoms with Gasteiger partial charge in [-0.25, -0.2) is 0 Å². The molecule has 31 heavy (non-hydrogen) atoms. The third kappa shape index (κ3) is 3.80. The average molecular weight is 408 g/mol. The van der Waals surface area contributed by atoms with E-state index in [1.807, 2.05) is 36.7 Å². The molecule has 0 saturated heterocycles. The molecule has 2 unspecified atom stereocenters. The van der Waals surface area contributed by atoms with E-state index < -0.39 is 0 Å². The first kappa shape index (κ1) is 19.1. The molecule has 2 atom stereocenters. The van der Waals surface area contributed by atoms with Gasteiger partial charge < -0.3 is 19.7 Å². The molecule has 0 aliphatic rings. The van der Waals surface area contributed by atoms with Crippen molar-refractivity contribution in [3.63, 3.8) is 0 Å². The number of methoxy groups -OCH3 is 1. The molecule has 2 aromatic carbocycles. The third-order valence-corrected chi connectivity index (χ3v) is 5.80. The van der Waals surface area contributed by atoms with Crippen molar-refractivity contribution in [2.75, 3.05) is 7.11 Å². The first-order valence-electron chi connectivity index (χ1n) is 10.5. The summed E-state index contributed by atoms with van der Waals surface area (Å²) in [6.45, 7) is 0. The topological polar surface area (TPSA) is 56.6 Å². The lowest BCUT2D eigenvalue weighted by molar-refractivity contribution is 0.414. The molecule has 0 saturated carbocycles. The molecule has 3 aromatic heterocycles. The Morgan fingerprint density at radius 3 is 1.58 bits per heavy atom. The van der Waals surface area contributed by atoms with Crippen LogP contribution in [0, 0.1) is 0 Å². The van der Waals surface area contributed by atoms with Gasteiger partial charge in [-0.15, -0.1) is 0 Å². The summed E-state index contributed by atoms with van der Waals surface area (Å²) in [5, 5.41) is 0. The second-order valence-corrected chi connectivity index (χ2v) is 7.67. The summed E-state index contributed by atoms with van der Waals surface area (Å²) in [4.78, 5) is 10.6. The molecule has 3 heterocycles. The van der Waals surface area contributed by atoms with E-state index in [1.54, 1.807) is 7.11 Å². The van der Waals surface area contributed by atoms with Crippen LogP contribution in [-0.4, -0.2) is 22.1 Å². The number of benzene rings is 2. The zero-order valence-electron chi connectivity index (χ0n) is 17.4. The molecule has 0 fully saturated rings. The maximum atomic E-state index is 5.35. The van der Waals surface area contributed by atoms with E-state index in [9.17, 15) is 0 Å². The van der Waals surface area contributed by atoms with Crippen molar-refractivity contribution in [3.05, 3.63) is 137 Å². The van der Waals surface area contributed by atoms with Gasteiger partial charge in [0.15, 0.2) is 0 Å². The Balaban J connectivity index is 1.57. The lowest BCUT2D eigenvalue weighted by Gasteiger charge is -2.18. The molecule has 3 N–H and O–H groups in total. The molecule has 0 radical (unpaired) electrons. The van der Waals surface area contributed by atoms with E-state index in [2.05, 4.69) is 81.7 Å². The quantitative estimate of drug-likeness (QED) is 0.303. The van der Waals surface area contributed by atoms with Gasteiger partial charge in [-0.1, -0.05) is 42.5 Å². The Labute approximate surface area is 181 Å². The lowest BCUT2D eigenvalue weighted by Crippen LogP contribution is -2.07. The maximum Gasteiger partial charge on any atom is 0.118 e. The fourth-order valence-electron chi connectivity index (χ4n) is 4.31. The zero-order chi connectivity index (χ0) is 21.0. The SMILES string of the molecule is COc1ccc(C(c2ccc[nH]2)c2ccc(C(c3ccccc3)c3ccc[nH]3)[nH]2)cc1. The van der Waals surface area contributed by atoms with Gasteiger partial charge in [0, 0.05) is 35.2 Å². The third-order valence-electron chi connectivity index (χ3n) is 5.80. The average Bonchev–Trinajstić information content (AvgIpc) is 3.60. The molecular formula is C27H25N3O. The van der Waals surface area contributed by atoms with Crippen molar-refractivity contribution < 1.29 is 4.74 Å². The van der Waals surface area contributed by atoms with E-state index in [1.165, 1.54) is 16.8 Å². The fourth-order valence-corrected chi connectivity index (χ4v) is 4.31. The molecule has 5 aromatic rings. The van der Waals surface area contributed by atoms with Gasteiger partial charge in [0.1, 0.15) is 5.75 Å². The molecule has 154 valence electrons. The van der Waals surface area contributed by atoms with Crippen molar-refractivity contribution in [2.45, 2.75) is 11.8 Å². The number of hydrogen-bond donors (Lipinski definition) is 3. The molecular weight excluding hydrogens is 382 g/mol. The van der Waals surface area contributed by atoms with Crippen LogP contribution in [0.15, 0.2) is 103 Å². The largest absolute Gasteiger partial charge is 0.497 e. The normalized spacial score (nSPS) is 13.1. The Hall–Kier alpha value is -3.92. The molecule has 0 aliphatic heterocycles. The Kier molecular flexibility index (Phi) is 5.19. The molecule has 4 nitrogen and oxygen atoms in total. The second kappa shape index (κ2) is 8.44. The van der Waals surface area contributed by atoms with Crippen LogP contribution < -0.4 is 4.74 Å². The lowest BCUT2D eigenvalue weighted by atomic mass is 9.92. The van der Waals surface area contributed by atoms with E-state index in [0.29, 0.717) is 0 Å². The molecule has 4 heteroatoms. The van der Waals surface area contributed by atoms with Crippen LogP contribution in [0.4, 0.5) is 0 Å². The second-order valence-electron chi connectivity index (χ2n) is 7.67. The number of ether oxygens (including phenoxy) is 1. The van der Waals surface area contributed by atoms with Crippen LogP contribution >= 0.6 is 0 Å². The molecule has 0 bridgehead atoms. The summed E-state index contributed by atoms with van der Waals surface area (Å²) in [7, 11) is 1.69. The van der Waals surface area contributed by atoms with E-state index in [0.717, 1.165) is 22.8 Å². The zero-order valence-corrected chi connectivity index (χ0v) is 17.4. The van der Waals surface area contributed by atoms with E-state index in [-0.39, 0.29) is 11.8 Å². The van der Waals surface area contributed by atoms with Gasteiger partial charge in [0.05, 0.1) is 18.9 Å². The summed E-state index contributed by atoms with van der Waals surface area (Å²) in [6, 6.07) is 31.7. The minimum absolute atomic E-state index is 0.0784. The van der Waals surface area contributed by atoms with Gasteiger partial charge >= 0.3 is 0 Å². The van der Waals surface area contributed by atoms with Crippen molar-refractivity contribution in [1.82, 2.24) is 15.0 Å². The Morgan fingerprint density at radius 1 is 0.548 bits per heavy atom. The van der Waals surface area contributed by atoms with Gasteiger partial charge in [-0.2, -0.15) is 0 Å². The predicted octanol–water partition coefficient (Wildman–Crippen LogP) is 6.04. The fraction of sp³-hybridized carbons (Fsp3) is 0.111. The summed E-state index contributed by atoms with van der Waals surface area (Å²) < 4.78 is 5.35. The van der Waals surface area contributed by atoms with Crippen LogP contribution in [0.3, 0.4) is 0 Å². The van der Waals surface area contributed by atoms with Crippen molar-refractivity contribution in [1.29, 1.82) is 0 Å². The van der Waals surface area contributed by atoms with Crippen molar-refractivity contribution in [2.24, 2.45) is 0 Å². The van der Waals surface area contributed by atoms with Crippen molar-refractivity contribution >= 4 is 0 Å². The van der Waals surface area contributed by atoms with Crippen LogP contribution in [0.1, 0.15) is 45.7 Å². The summed E-state index contributed by atoms with van der Waals surface area (Å²) in [5.41, 5.74) is 7.08. The first-order chi connectivity index (χ1) is 15.3. The van der Waals surface area contributed by atoms with Crippen LogP contribution in [0.2, 0.25) is 0 Å². The number of H-pyrrole nitrogens is 3. The van der Waals surface area contributed by atoms with E-state index in [4.69, 9.17) is 4.74 Å². The molecule has 0 aliphatic carbocycles. The maximum absolute atomic E-state index is 5.35. The summed E-state index contributed by atoms with van der Waals surface area (Å²) in [5.74, 6) is 1.05. The highest BCUT2D eigenvalue weighted by Gasteiger charge is 2.23.